The lowest BCUT2D eigenvalue weighted by atomic mass is 9.91. The summed E-state index contributed by atoms with van der Waals surface area (Å²) in [6, 6.07) is 5.01. The largest absolute Gasteiger partial charge is 0.298 e. The number of fused-ring (bicyclic) bond motifs is 1. The maximum atomic E-state index is 4.18. The molecule has 0 aliphatic carbocycles. The van der Waals surface area contributed by atoms with Crippen LogP contribution in [-0.4, -0.2) is 28.6 Å². The summed E-state index contributed by atoms with van der Waals surface area (Å²) in [5.41, 5.74) is 1.29. The maximum absolute atomic E-state index is 4.18. The van der Waals surface area contributed by atoms with E-state index in [1.54, 1.807) is 0 Å². The van der Waals surface area contributed by atoms with Gasteiger partial charge in [0.25, 0.3) is 0 Å². The van der Waals surface area contributed by atoms with Gasteiger partial charge in [0.1, 0.15) is 0 Å². The average Bonchev–Trinajstić information content (AvgIpc) is 2.46. The van der Waals surface area contributed by atoms with Gasteiger partial charge < -0.3 is 0 Å². The molecule has 3 heterocycles. The highest BCUT2D eigenvalue weighted by Gasteiger charge is 2.31. The predicted octanol–water partition coefficient (Wildman–Crippen LogP) is 2.54. The Morgan fingerprint density at radius 2 is 2.17 bits per heavy atom. The standard InChI is InChI=1S/C15H23N3/c1-2-10-18-14(6-1)7-3-8-15(18)17-12-13-5-4-9-16-11-13/h4-5,9,11,14-15,17H,1-3,6-8,10,12H2. The minimum atomic E-state index is 0.587. The topological polar surface area (TPSA) is 28.2 Å². The van der Waals surface area contributed by atoms with Crippen LogP contribution in [0.25, 0.3) is 0 Å². The number of rotatable bonds is 3. The third kappa shape index (κ3) is 2.73. The van der Waals surface area contributed by atoms with E-state index in [9.17, 15) is 0 Å². The highest BCUT2D eigenvalue weighted by atomic mass is 15.3. The second kappa shape index (κ2) is 5.81. The average molecular weight is 245 g/mol. The molecule has 3 nitrogen and oxygen atoms in total. The first-order valence-corrected chi connectivity index (χ1v) is 7.31. The van der Waals surface area contributed by atoms with Gasteiger partial charge >= 0.3 is 0 Å². The third-order valence-electron chi connectivity index (χ3n) is 4.35. The van der Waals surface area contributed by atoms with Crippen LogP contribution < -0.4 is 5.32 Å². The monoisotopic (exact) mass is 245 g/mol. The quantitative estimate of drug-likeness (QED) is 0.887. The Morgan fingerprint density at radius 3 is 3.06 bits per heavy atom. The molecule has 3 heteroatoms. The van der Waals surface area contributed by atoms with E-state index >= 15 is 0 Å². The van der Waals surface area contributed by atoms with Crippen LogP contribution in [0.4, 0.5) is 0 Å². The van der Waals surface area contributed by atoms with Gasteiger partial charge in [-0.15, -0.1) is 0 Å². The van der Waals surface area contributed by atoms with Gasteiger partial charge in [-0.2, -0.15) is 0 Å². The molecule has 0 bridgehead atoms. The van der Waals surface area contributed by atoms with Gasteiger partial charge in [-0.05, 0) is 50.3 Å². The number of nitrogens with one attached hydrogen (secondary N) is 1. The van der Waals surface area contributed by atoms with Gasteiger partial charge in [0.15, 0.2) is 0 Å². The number of piperidine rings is 2. The number of hydrogen-bond donors (Lipinski definition) is 1. The van der Waals surface area contributed by atoms with Gasteiger partial charge in [0.2, 0.25) is 0 Å². The van der Waals surface area contributed by atoms with Crippen LogP contribution in [0.1, 0.15) is 44.1 Å². The van der Waals surface area contributed by atoms with E-state index in [1.807, 2.05) is 18.5 Å². The lowest BCUT2D eigenvalue weighted by Crippen LogP contribution is -2.54. The molecule has 2 aliphatic rings. The lowest BCUT2D eigenvalue weighted by Gasteiger charge is -2.45. The summed E-state index contributed by atoms with van der Waals surface area (Å²) >= 11 is 0. The van der Waals surface area contributed by atoms with Crippen molar-refractivity contribution < 1.29 is 0 Å². The minimum absolute atomic E-state index is 0.587. The summed E-state index contributed by atoms with van der Waals surface area (Å²) in [7, 11) is 0. The van der Waals surface area contributed by atoms with Gasteiger partial charge in [0, 0.05) is 25.0 Å². The Kier molecular flexibility index (Phi) is 3.91. The van der Waals surface area contributed by atoms with E-state index in [2.05, 4.69) is 21.3 Å². The molecule has 2 aliphatic heterocycles. The molecule has 2 atom stereocenters. The molecular weight excluding hydrogens is 222 g/mol. The Hall–Kier alpha value is -0.930. The van der Waals surface area contributed by atoms with Crippen LogP contribution in [0.3, 0.4) is 0 Å². The van der Waals surface area contributed by atoms with E-state index in [0.717, 1.165) is 12.6 Å². The van der Waals surface area contributed by atoms with Crippen molar-refractivity contribution in [1.82, 2.24) is 15.2 Å². The van der Waals surface area contributed by atoms with Crippen LogP contribution in [-0.2, 0) is 6.54 Å². The van der Waals surface area contributed by atoms with Crippen LogP contribution in [0.5, 0.6) is 0 Å². The molecule has 1 aromatic rings. The smallest absolute Gasteiger partial charge is 0.0602 e. The Morgan fingerprint density at radius 1 is 1.22 bits per heavy atom. The maximum Gasteiger partial charge on any atom is 0.0602 e. The molecule has 3 rings (SSSR count). The Balaban J connectivity index is 1.58. The fourth-order valence-electron chi connectivity index (χ4n) is 3.41. The summed E-state index contributed by atoms with van der Waals surface area (Å²) in [6.07, 6.45) is 12.7. The van der Waals surface area contributed by atoms with Crippen molar-refractivity contribution >= 4 is 0 Å². The summed E-state index contributed by atoms with van der Waals surface area (Å²) in [5.74, 6) is 0. The number of pyridine rings is 1. The zero-order chi connectivity index (χ0) is 12.2. The van der Waals surface area contributed by atoms with Crippen LogP contribution in [0.15, 0.2) is 24.5 Å². The highest BCUT2D eigenvalue weighted by Crippen LogP contribution is 2.29. The second-order valence-corrected chi connectivity index (χ2v) is 5.58. The highest BCUT2D eigenvalue weighted by molar-refractivity contribution is 5.08. The molecule has 0 saturated carbocycles. The molecule has 1 aromatic heterocycles. The zero-order valence-corrected chi connectivity index (χ0v) is 11.0. The molecule has 2 unspecified atom stereocenters. The molecule has 98 valence electrons. The molecule has 1 N–H and O–H groups in total. The van der Waals surface area contributed by atoms with Gasteiger partial charge in [0.05, 0.1) is 6.17 Å². The van der Waals surface area contributed by atoms with Crippen molar-refractivity contribution in [2.24, 2.45) is 0 Å². The molecule has 2 fully saturated rings. The normalized spacial score (nSPS) is 28.9. The zero-order valence-electron chi connectivity index (χ0n) is 11.0. The van der Waals surface area contributed by atoms with Crippen LogP contribution >= 0.6 is 0 Å². The van der Waals surface area contributed by atoms with E-state index in [0.29, 0.717) is 6.17 Å². The predicted molar refractivity (Wildman–Crippen MR) is 73.1 cm³/mol. The van der Waals surface area contributed by atoms with Crippen molar-refractivity contribution in [2.75, 3.05) is 6.54 Å². The molecule has 0 aromatic carbocycles. The first-order chi connectivity index (χ1) is 8.93. The summed E-state index contributed by atoms with van der Waals surface area (Å²) < 4.78 is 0. The van der Waals surface area contributed by atoms with Gasteiger partial charge in [-0.1, -0.05) is 12.5 Å². The third-order valence-corrected chi connectivity index (χ3v) is 4.35. The molecule has 2 saturated heterocycles. The summed E-state index contributed by atoms with van der Waals surface area (Å²) in [5, 5.41) is 3.72. The van der Waals surface area contributed by atoms with Gasteiger partial charge in [-0.3, -0.25) is 15.2 Å². The molecule has 0 spiro atoms. The molecule has 0 radical (unpaired) electrons. The lowest BCUT2D eigenvalue weighted by molar-refractivity contribution is 0.0342. The van der Waals surface area contributed by atoms with E-state index in [-0.39, 0.29) is 0 Å². The fraction of sp³-hybridized carbons (Fsp3) is 0.667. The minimum Gasteiger partial charge on any atom is -0.298 e. The summed E-state index contributed by atoms with van der Waals surface area (Å²) in [6.45, 7) is 2.23. The van der Waals surface area contributed by atoms with Crippen molar-refractivity contribution in [3.05, 3.63) is 30.1 Å². The van der Waals surface area contributed by atoms with E-state index in [4.69, 9.17) is 0 Å². The Bertz CT molecular complexity index is 363. The number of nitrogens with zero attached hydrogens (tertiary/aromatic N) is 2. The molecule has 18 heavy (non-hydrogen) atoms. The van der Waals surface area contributed by atoms with Crippen molar-refractivity contribution in [2.45, 2.75) is 57.3 Å². The number of aromatic nitrogens is 1. The van der Waals surface area contributed by atoms with Gasteiger partial charge in [-0.25, -0.2) is 0 Å². The van der Waals surface area contributed by atoms with Crippen molar-refractivity contribution in [1.29, 1.82) is 0 Å². The first kappa shape index (κ1) is 12.1. The van der Waals surface area contributed by atoms with Crippen molar-refractivity contribution in [3.8, 4) is 0 Å². The second-order valence-electron chi connectivity index (χ2n) is 5.58. The Labute approximate surface area is 110 Å². The van der Waals surface area contributed by atoms with Crippen molar-refractivity contribution in [3.63, 3.8) is 0 Å². The molecular formula is C15H23N3. The SMILES string of the molecule is c1cncc(CNC2CCCC3CCCCN32)c1. The van der Waals surface area contributed by atoms with Crippen LogP contribution in [0, 0.1) is 0 Å². The molecule has 0 amide bonds. The summed E-state index contributed by atoms with van der Waals surface area (Å²) in [4.78, 5) is 6.89. The van der Waals surface area contributed by atoms with Crippen LogP contribution in [0.2, 0.25) is 0 Å². The first-order valence-electron chi connectivity index (χ1n) is 7.31. The number of hydrogen-bond acceptors (Lipinski definition) is 3. The fourth-order valence-corrected chi connectivity index (χ4v) is 3.41. The van der Waals surface area contributed by atoms with E-state index in [1.165, 1.54) is 50.6 Å². The van der Waals surface area contributed by atoms with E-state index < -0.39 is 0 Å².